The van der Waals surface area contributed by atoms with E-state index in [1.165, 1.54) is 36.7 Å². The number of anilines is 1. The van der Waals surface area contributed by atoms with Crippen molar-refractivity contribution in [2.45, 2.75) is 57.9 Å². The predicted octanol–water partition coefficient (Wildman–Crippen LogP) is 4.26. The summed E-state index contributed by atoms with van der Waals surface area (Å²) in [6.45, 7) is 3.46. The van der Waals surface area contributed by atoms with Gasteiger partial charge in [0.15, 0.2) is 0 Å². The molecule has 0 spiro atoms. The number of benzene rings is 1. The Hall–Kier alpha value is -2.42. The van der Waals surface area contributed by atoms with Crippen LogP contribution < -0.4 is 10.6 Å². The highest BCUT2D eigenvalue weighted by atomic mass is 32.1. The molecule has 1 aromatic heterocycles. The summed E-state index contributed by atoms with van der Waals surface area (Å²) in [7, 11) is 0. The number of hydrogen-bond acceptors (Lipinski definition) is 5. The van der Waals surface area contributed by atoms with E-state index >= 15 is 0 Å². The molecule has 156 valence electrons. The lowest BCUT2D eigenvalue weighted by atomic mass is 9.90. The van der Waals surface area contributed by atoms with E-state index in [4.69, 9.17) is 0 Å². The van der Waals surface area contributed by atoms with Crippen LogP contribution in [-0.4, -0.2) is 28.1 Å². The number of halogens is 2. The second kappa shape index (κ2) is 9.39. The van der Waals surface area contributed by atoms with Crippen LogP contribution in [0.3, 0.4) is 0 Å². The van der Waals surface area contributed by atoms with Gasteiger partial charge in [-0.25, -0.2) is 8.78 Å². The molecule has 1 aromatic carbocycles. The summed E-state index contributed by atoms with van der Waals surface area (Å²) in [6.07, 6.45) is 5.71. The highest BCUT2D eigenvalue weighted by Gasteiger charge is 2.28. The highest BCUT2D eigenvalue weighted by molar-refractivity contribution is 7.15. The van der Waals surface area contributed by atoms with Gasteiger partial charge in [0.1, 0.15) is 28.2 Å². The minimum absolute atomic E-state index is 0.306. The second-order valence-electron chi connectivity index (χ2n) is 7.56. The van der Waals surface area contributed by atoms with Crippen LogP contribution in [-0.2, 0) is 4.79 Å². The van der Waals surface area contributed by atoms with Gasteiger partial charge < -0.3 is 5.32 Å². The van der Waals surface area contributed by atoms with Crippen molar-refractivity contribution < 1.29 is 18.4 Å². The lowest BCUT2D eigenvalue weighted by Crippen LogP contribution is -2.47. The summed E-state index contributed by atoms with van der Waals surface area (Å²) in [5.74, 6) is -3.37. The minimum atomic E-state index is -0.983. The first-order valence-electron chi connectivity index (χ1n) is 9.76. The van der Waals surface area contributed by atoms with Gasteiger partial charge in [0.05, 0.1) is 0 Å². The molecule has 0 bridgehead atoms. The number of amides is 2. The van der Waals surface area contributed by atoms with Gasteiger partial charge in [-0.1, -0.05) is 50.5 Å². The quantitative estimate of drug-likeness (QED) is 0.729. The molecule has 0 radical (unpaired) electrons. The Kier molecular flexibility index (Phi) is 6.89. The van der Waals surface area contributed by atoms with Crippen LogP contribution >= 0.6 is 11.3 Å². The first kappa shape index (κ1) is 21.3. The van der Waals surface area contributed by atoms with E-state index < -0.39 is 35.1 Å². The SMILES string of the molecule is CC(C)[C@@H](NC(=O)c1c(F)cccc1F)C(=O)Nc1nnc(C2CCCCC2)s1. The third-order valence-electron chi connectivity index (χ3n) is 5.05. The molecule has 2 amide bonds. The number of carbonyl (C=O) groups is 2. The molecular weight excluding hydrogens is 398 g/mol. The van der Waals surface area contributed by atoms with E-state index in [0.29, 0.717) is 11.0 Å². The Morgan fingerprint density at radius 3 is 2.38 bits per heavy atom. The van der Waals surface area contributed by atoms with Gasteiger partial charge >= 0.3 is 0 Å². The molecule has 1 heterocycles. The zero-order valence-electron chi connectivity index (χ0n) is 16.4. The number of nitrogens with one attached hydrogen (secondary N) is 2. The van der Waals surface area contributed by atoms with Crippen molar-refractivity contribution in [1.29, 1.82) is 0 Å². The van der Waals surface area contributed by atoms with E-state index in [2.05, 4.69) is 20.8 Å². The fourth-order valence-electron chi connectivity index (χ4n) is 3.45. The molecular formula is C20H24F2N4O2S. The van der Waals surface area contributed by atoms with Crippen molar-refractivity contribution in [1.82, 2.24) is 15.5 Å². The largest absolute Gasteiger partial charge is 0.340 e. The van der Waals surface area contributed by atoms with E-state index in [1.807, 2.05) is 0 Å². The fourth-order valence-corrected chi connectivity index (χ4v) is 4.36. The van der Waals surface area contributed by atoms with Gasteiger partial charge in [0.25, 0.3) is 5.91 Å². The van der Waals surface area contributed by atoms with Crippen molar-refractivity contribution >= 4 is 28.3 Å². The first-order valence-corrected chi connectivity index (χ1v) is 10.6. The van der Waals surface area contributed by atoms with Gasteiger partial charge in [-0.2, -0.15) is 0 Å². The summed E-state index contributed by atoms with van der Waals surface area (Å²) in [4.78, 5) is 25.1. The number of nitrogens with zero attached hydrogens (tertiary/aromatic N) is 2. The standard InChI is InChI=1S/C20H24F2N4O2S/c1-11(2)16(23-17(27)15-13(21)9-6-10-14(15)22)18(28)24-20-26-25-19(29-20)12-7-4-3-5-8-12/h6,9-12,16H,3-5,7-8H2,1-2H3,(H,23,27)(H,24,26,28)/t16-/m1/s1. The Bertz CT molecular complexity index is 861. The molecule has 0 saturated heterocycles. The van der Waals surface area contributed by atoms with E-state index in [9.17, 15) is 18.4 Å². The molecule has 29 heavy (non-hydrogen) atoms. The molecule has 1 saturated carbocycles. The van der Waals surface area contributed by atoms with Crippen LogP contribution in [0.2, 0.25) is 0 Å². The lowest BCUT2D eigenvalue weighted by molar-refractivity contribution is -0.118. The monoisotopic (exact) mass is 422 g/mol. The van der Waals surface area contributed by atoms with Gasteiger partial charge in [-0.05, 0) is 30.9 Å². The van der Waals surface area contributed by atoms with Gasteiger partial charge in [0.2, 0.25) is 11.0 Å². The molecule has 0 unspecified atom stereocenters. The molecule has 2 N–H and O–H groups in total. The van der Waals surface area contributed by atoms with Gasteiger partial charge in [-0.3, -0.25) is 14.9 Å². The summed E-state index contributed by atoms with van der Waals surface area (Å²) in [5, 5.41) is 14.6. The number of aromatic nitrogens is 2. The lowest BCUT2D eigenvalue weighted by Gasteiger charge is -2.21. The summed E-state index contributed by atoms with van der Waals surface area (Å²) >= 11 is 1.33. The Labute approximate surface area is 172 Å². The molecule has 6 nitrogen and oxygen atoms in total. The Morgan fingerprint density at radius 1 is 1.10 bits per heavy atom. The molecule has 1 fully saturated rings. The topological polar surface area (TPSA) is 84.0 Å². The maximum absolute atomic E-state index is 13.9. The zero-order chi connectivity index (χ0) is 21.0. The summed E-state index contributed by atoms with van der Waals surface area (Å²) < 4.78 is 27.7. The molecule has 2 aromatic rings. The zero-order valence-corrected chi connectivity index (χ0v) is 17.2. The summed E-state index contributed by atoms with van der Waals surface area (Å²) in [6, 6.07) is 2.18. The summed E-state index contributed by atoms with van der Waals surface area (Å²) in [5.41, 5.74) is -0.707. The molecule has 1 aliphatic carbocycles. The van der Waals surface area contributed by atoms with Crippen LogP contribution in [0.4, 0.5) is 13.9 Å². The number of carbonyl (C=O) groups excluding carboxylic acids is 2. The molecule has 1 aliphatic rings. The predicted molar refractivity (Wildman–Crippen MR) is 107 cm³/mol. The van der Waals surface area contributed by atoms with E-state index in [-0.39, 0.29) is 5.92 Å². The highest BCUT2D eigenvalue weighted by Crippen LogP contribution is 2.35. The van der Waals surface area contributed by atoms with Crippen LogP contribution in [0.5, 0.6) is 0 Å². The van der Waals surface area contributed by atoms with Crippen LogP contribution in [0, 0.1) is 17.6 Å². The number of rotatable bonds is 6. The second-order valence-corrected chi connectivity index (χ2v) is 8.57. The van der Waals surface area contributed by atoms with Crippen molar-refractivity contribution in [2.24, 2.45) is 5.92 Å². The molecule has 0 aliphatic heterocycles. The maximum atomic E-state index is 13.9. The third-order valence-corrected chi connectivity index (χ3v) is 6.05. The van der Waals surface area contributed by atoms with E-state index in [1.54, 1.807) is 13.8 Å². The first-order chi connectivity index (χ1) is 13.9. The maximum Gasteiger partial charge on any atom is 0.257 e. The van der Waals surface area contributed by atoms with Crippen molar-refractivity contribution in [3.63, 3.8) is 0 Å². The minimum Gasteiger partial charge on any atom is -0.340 e. The van der Waals surface area contributed by atoms with E-state index in [0.717, 1.165) is 30.0 Å². The average molecular weight is 423 g/mol. The van der Waals surface area contributed by atoms with Crippen LogP contribution in [0.1, 0.15) is 67.2 Å². The van der Waals surface area contributed by atoms with Crippen molar-refractivity contribution in [2.75, 3.05) is 5.32 Å². The van der Waals surface area contributed by atoms with Crippen molar-refractivity contribution in [3.05, 3.63) is 40.4 Å². The molecule has 1 atom stereocenters. The van der Waals surface area contributed by atoms with Gasteiger partial charge in [-0.15, -0.1) is 10.2 Å². The van der Waals surface area contributed by atoms with Crippen molar-refractivity contribution in [3.8, 4) is 0 Å². The normalized spacial score (nSPS) is 15.9. The molecule has 3 rings (SSSR count). The third kappa shape index (κ3) is 5.14. The number of hydrogen-bond donors (Lipinski definition) is 2. The Morgan fingerprint density at radius 2 is 1.76 bits per heavy atom. The van der Waals surface area contributed by atoms with Crippen LogP contribution in [0.15, 0.2) is 18.2 Å². The molecule has 9 heteroatoms. The van der Waals surface area contributed by atoms with Gasteiger partial charge in [0, 0.05) is 5.92 Å². The Balaban J connectivity index is 1.68. The average Bonchev–Trinajstić information content (AvgIpc) is 3.14. The fraction of sp³-hybridized carbons (Fsp3) is 0.500. The van der Waals surface area contributed by atoms with Crippen LogP contribution in [0.25, 0.3) is 0 Å². The smallest absolute Gasteiger partial charge is 0.257 e.